The number of carbonyl (C=O) groups is 2. The van der Waals surface area contributed by atoms with E-state index in [9.17, 15) is 9.59 Å². The predicted octanol–water partition coefficient (Wildman–Crippen LogP) is 2.97. The van der Waals surface area contributed by atoms with Crippen LogP contribution in [0.2, 0.25) is 0 Å². The van der Waals surface area contributed by atoms with Gasteiger partial charge in [0.2, 0.25) is 5.91 Å². The van der Waals surface area contributed by atoms with Crippen molar-refractivity contribution in [2.24, 2.45) is 0 Å². The van der Waals surface area contributed by atoms with Crippen LogP contribution >= 0.6 is 0 Å². The molecule has 2 aromatic carbocycles. The Morgan fingerprint density at radius 3 is 2.40 bits per heavy atom. The first-order chi connectivity index (χ1) is 14.5. The van der Waals surface area contributed by atoms with E-state index in [1.165, 1.54) is 0 Å². The van der Waals surface area contributed by atoms with Crippen LogP contribution < -0.4 is 24.8 Å². The maximum atomic E-state index is 12.6. The number of carbonyl (C=O) groups excluding carboxylic acids is 2. The molecule has 1 unspecified atom stereocenters. The average Bonchev–Trinajstić information content (AvgIpc) is 2.78. The summed E-state index contributed by atoms with van der Waals surface area (Å²) in [6.07, 6.45) is 1.96. The first kappa shape index (κ1) is 23.1. The number of nitrogens with one attached hydrogen (secondary N) is 2. The van der Waals surface area contributed by atoms with Crippen LogP contribution in [-0.2, 0) is 11.2 Å². The van der Waals surface area contributed by atoms with Gasteiger partial charge in [0.05, 0.1) is 21.3 Å². The van der Waals surface area contributed by atoms with Crippen LogP contribution in [0.25, 0.3) is 0 Å². The van der Waals surface area contributed by atoms with E-state index in [1.54, 1.807) is 45.6 Å². The maximum Gasteiger partial charge on any atom is 0.252 e. The number of methoxy groups -OCH3 is 3. The molecule has 162 valence electrons. The summed E-state index contributed by atoms with van der Waals surface area (Å²) in [5.41, 5.74) is 1.47. The molecule has 2 amide bonds. The van der Waals surface area contributed by atoms with E-state index in [-0.39, 0.29) is 11.8 Å². The van der Waals surface area contributed by atoms with Crippen molar-refractivity contribution in [2.75, 3.05) is 27.9 Å². The van der Waals surface area contributed by atoms with Crippen molar-refractivity contribution in [2.45, 2.75) is 32.2 Å². The molecule has 2 N–H and O–H groups in total. The topological polar surface area (TPSA) is 85.9 Å². The number of ether oxygens (including phenoxy) is 3. The summed E-state index contributed by atoms with van der Waals surface area (Å²) in [6.45, 7) is 2.42. The average molecular weight is 415 g/mol. The van der Waals surface area contributed by atoms with Gasteiger partial charge in [-0.05, 0) is 48.7 Å². The summed E-state index contributed by atoms with van der Waals surface area (Å²) in [6, 6.07) is 11.9. The fourth-order valence-corrected chi connectivity index (χ4v) is 3.05. The second kappa shape index (κ2) is 11.7. The lowest BCUT2D eigenvalue weighted by molar-refractivity contribution is -0.123. The molecular formula is C23H30N2O5. The van der Waals surface area contributed by atoms with E-state index in [0.29, 0.717) is 42.2 Å². The highest BCUT2D eigenvalue weighted by atomic mass is 16.5. The van der Waals surface area contributed by atoms with Gasteiger partial charge in [0, 0.05) is 12.1 Å². The van der Waals surface area contributed by atoms with Crippen LogP contribution in [0.3, 0.4) is 0 Å². The largest absolute Gasteiger partial charge is 0.497 e. The van der Waals surface area contributed by atoms with Gasteiger partial charge in [-0.1, -0.05) is 25.5 Å². The van der Waals surface area contributed by atoms with Crippen molar-refractivity contribution in [1.82, 2.24) is 10.6 Å². The smallest absolute Gasteiger partial charge is 0.252 e. The summed E-state index contributed by atoms with van der Waals surface area (Å²) in [7, 11) is 4.72. The van der Waals surface area contributed by atoms with E-state index >= 15 is 0 Å². The third kappa shape index (κ3) is 6.40. The zero-order chi connectivity index (χ0) is 21.9. The predicted molar refractivity (Wildman–Crippen MR) is 115 cm³/mol. The second-order valence-electron chi connectivity index (χ2n) is 6.78. The molecule has 2 aromatic rings. The fourth-order valence-electron chi connectivity index (χ4n) is 3.05. The van der Waals surface area contributed by atoms with Crippen LogP contribution in [0, 0.1) is 0 Å². The van der Waals surface area contributed by atoms with Crippen LogP contribution in [0.1, 0.15) is 35.7 Å². The van der Waals surface area contributed by atoms with E-state index in [2.05, 4.69) is 10.6 Å². The van der Waals surface area contributed by atoms with E-state index in [1.807, 2.05) is 25.1 Å². The van der Waals surface area contributed by atoms with E-state index in [4.69, 9.17) is 14.2 Å². The van der Waals surface area contributed by atoms with Gasteiger partial charge in [-0.25, -0.2) is 0 Å². The van der Waals surface area contributed by atoms with Gasteiger partial charge in [0.25, 0.3) is 5.91 Å². The molecule has 0 aliphatic carbocycles. The Labute approximate surface area is 177 Å². The summed E-state index contributed by atoms with van der Waals surface area (Å²) >= 11 is 0. The molecule has 0 saturated heterocycles. The fraction of sp³-hybridized carbons (Fsp3) is 0.391. The van der Waals surface area contributed by atoms with Crippen LogP contribution in [0.4, 0.5) is 0 Å². The molecule has 0 aliphatic heterocycles. The van der Waals surface area contributed by atoms with E-state index in [0.717, 1.165) is 12.0 Å². The minimum absolute atomic E-state index is 0.200. The molecule has 0 fully saturated rings. The number of amides is 2. The molecule has 0 heterocycles. The van der Waals surface area contributed by atoms with Crippen molar-refractivity contribution in [1.29, 1.82) is 0 Å². The van der Waals surface area contributed by atoms with Crippen LogP contribution in [-0.4, -0.2) is 45.7 Å². The van der Waals surface area contributed by atoms with Gasteiger partial charge in [0.15, 0.2) is 11.5 Å². The molecule has 0 radical (unpaired) electrons. The Bertz CT molecular complexity index is 853. The van der Waals surface area contributed by atoms with Gasteiger partial charge in [-0.2, -0.15) is 0 Å². The lowest BCUT2D eigenvalue weighted by Crippen LogP contribution is -2.47. The minimum atomic E-state index is -0.598. The Kier molecular flexibility index (Phi) is 9.00. The highest BCUT2D eigenvalue weighted by Gasteiger charge is 2.20. The maximum absolute atomic E-state index is 12.6. The van der Waals surface area contributed by atoms with Crippen molar-refractivity contribution in [3.63, 3.8) is 0 Å². The lowest BCUT2D eigenvalue weighted by Gasteiger charge is -2.18. The third-order valence-corrected chi connectivity index (χ3v) is 4.69. The van der Waals surface area contributed by atoms with Gasteiger partial charge in [-0.3, -0.25) is 9.59 Å². The summed E-state index contributed by atoms with van der Waals surface area (Å²) in [5.74, 6) is 1.40. The normalized spacial score (nSPS) is 11.3. The molecule has 0 spiro atoms. The van der Waals surface area contributed by atoms with Crippen molar-refractivity contribution in [3.8, 4) is 17.2 Å². The Morgan fingerprint density at radius 2 is 1.73 bits per heavy atom. The molecule has 0 saturated carbocycles. The SMILES string of the molecule is CCCC(NC(=O)c1cccc(OC)c1)C(=O)NCCc1ccc(OC)c(OC)c1. The van der Waals surface area contributed by atoms with Gasteiger partial charge in [0.1, 0.15) is 11.8 Å². The van der Waals surface area contributed by atoms with Crippen molar-refractivity contribution < 1.29 is 23.8 Å². The molecule has 0 aromatic heterocycles. The molecule has 7 nitrogen and oxygen atoms in total. The zero-order valence-corrected chi connectivity index (χ0v) is 18.0. The number of hydrogen-bond acceptors (Lipinski definition) is 5. The van der Waals surface area contributed by atoms with Crippen LogP contribution in [0.15, 0.2) is 42.5 Å². The first-order valence-corrected chi connectivity index (χ1v) is 9.95. The monoisotopic (exact) mass is 414 g/mol. The Hall–Kier alpha value is -3.22. The molecule has 30 heavy (non-hydrogen) atoms. The van der Waals surface area contributed by atoms with Gasteiger partial charge < -0.3 is 24.8 Å². The van der Waals surface area contributed by atoms with E-state index < -0.39 is 6.04 Å². The Morgan fingerprint density at radius 1 is 0.967 bits per heavy atom. The highest BCUT2D eigenvalue weighted by Crippen LogP contribution is 2.27. The molecule has 0 aliphatic rings. The van der Waals surface area contributed by atoms with Crippen molar-refractivity contribution >= 4 is 11.8 Å². The number of hydrogen-bond donors (Lipinski definition) is 2. The molecule has 1 atom stereocenters. The standard InChI is InChI=1S/C23H30N2O5/c1-5-7-19(25-22(26)17-8-6-9-18(15-17)28-2)23(27)24-13-12-16-10-11-20(29-3)21(14-16)30-4/h6,8-11,14-15,19H,5,7,12-13H2,1-4H3,(H,24,27)(H,25,26). The summed E-state index contributed by atoms with van der Waals surface area (Å²) < 4.78 is 15.7. The number of rotatable bonds is 11. The van der Waals surface area contributed by atoms with Crippen LogP contribution in [0.5, 0.6) is 17.2 Å². The minimum Gasteiger partial charge on any atom is -0.497 e. The molecular weight excluding hydrogens is 384 g/mol. The summed E-state index contributed by atoms with van der Waals surface area (Å²) in [5, 5.41) is 5.74. The quantitative estimate of drug-likeness (QED) is 0.590. The molecule has 0 bridgehead atoms. The highest BCUT2D eigenvalue weighted by molar-refractivity contribution is 5.97. The lowest BCUT2D eigenvalue weighted by atomic mass is 10.1. The number of benzene rings is 2. The van der Waals surface area contributed by atoms with Crippen molar-refractivity contribution in [3.05, 3.63) is 53.6 Å². The van der Waals surface area contributed by atoms with Gasteiger partial charge in [-0.15, -0.1) is 0 Å². The third-order valence-electron chi connectivity index (χ3n) is 4.69. The first-order valence-electron chi connectivity index (χ1n) is 9.95. The molecule has 7 heteroatoms. The molecule has 2 rings (SSSR count). The second-order valence-corrected chi connectivity index (χ2v) is 6.78. The zero-order valence-electron chi connectivity index (χ0n) is 18.0. The Balaban J connectivity index is 1.94. The van der Waals surface area contributed by atoms with Gasteiger partial charge >= 0.3 is 0 Å². The summed E-state index contributed by atoms with van der Waals surface area (Å²) in [4.78, 5) is 25.2.